The summed E-state index contributed by atoms with van der Waals surface area (Å²) in [6, 6.07) is 8.43. The number of allylic oxidation sites excluding steroid dienone is 2. The average Bonchev–Trinajstić information content (AvgIpc) is 1.70. The minimum absolute atomic E-state index is 0.00191. The molecule has 6 rings (SSSR count). The van der Waals surface area contributed by atoms with Gasteiger partial charge in [-0.05, 0) is 99.8 Å². The van der Waals surface area contributed by atoms with E-state index in [1.165, 1.54) is 4.80 Å². The second-order valence-corrected chi connectivity index (χ2v) is 27.1. The lowest BCUT2D eigenvalue weighted by Gasteiger charge is -2.30. The summed E-state index contributed by atoms with van der Waals surface area (Å²) in [5.74, 6) is -3.36. The van der Waals surface area contributed by atoms with Gasteiger partial charge in [0.25, 0.3) is 23.5 Å². The van der Waals surface area contributed by atoms with Crippen molar-refractivity contribution >= 4 is 82.6 Å². The number of nitrogens with zero attached hydrogens (tertiary/aromatic N) is 5. The highest BCUT2D eigenvalue weighted by atomic mass is 32.2. The van der Waals surface area contributed by atoms with Gasteiger partial charge in [0.15, 0.2) is 11.6 Å². The Hall–Kier alpha value is -7.98. The molecular formula is C68H104N14O18S. The number of tetrazole rings is 1. The summed E-state index contributed by atoms with van der Waals surface area (Å²) in [6.07, 6.45) is 8.68. The molecule has 2 aromatic rings. The summed E-state index contributed by atoms with van der Waals surface area (Å²) in [7, 11) is 0. The number of hydrogen-bond acceptors (Lipinski definition) is 23. The van der Waals surface area contributed by atoms with Crippen molar-refractivity contribution in [3.8, 4) is 5.69 Å². The van der Waals surface area contributed by atoms with Crippen molar-refractivity contribution in [3.05, 3.63) is 47.4 Å². The number of fused-ring (bicyclic) bond motifs is 1. The van der Waals surface area contributed by atoms with Crippen LogP contribution in [0.2, 0.25) is 0 Å². The Bertz CT molecular complexity index is 3010. The zero-order chi connectivity index (χ0) is 72.5. The maximum Gasteiger partial charge on any atom is 0.333 e. The van der Waals surface area contributed by atoms with E-state index in [0.29, 0.717) is 152 Å². The van der Waals surface area contributed by atoms with Gasteiger partial charge in [0, 0.05) is 127 Å². The summed E-state index contributed by atoms with van der Waals surface area (Å²) in [6.45, 7) is 8.92. The summed E-state index contributed by atoms with van der Waals surface area (Å²) in [5, 5.41) is 38.9. The van der Waals surface area contributed by atoms with Gasteiger partial charge in [0.1, 0.15) is 6.04 Å². The molecule has 1 aromatic heterocycles. The van der Waals surface area contributed by atoms with E-state index in [-0.39, 0.29) is 163 Å². The number of amides is 10. The first kappa shape index (κ1) is 82.0. The third kappa shape index (κ3) is 32.3. The van der Waals surface area contributed by atoms with Gasteiger partial charge in [-0.25, -0.2) is 9.59 Å². The minimum atomic E-state index is -0.928. The third-order valence-electron chi connectivity index (χ3n) is 16.7. The van der Waals surface area contributed by atoms with E-state index in [9.17, 15) is 57.5 Å². The first-order valence-corrected chi connectivity index (χ1v) is 36.6. The normalized spacial score (nSPS) is 17.2. The molecule has 1 aliphatic carbocycles. The first-order chi connectivity index (χ1) is 48.8. The SMILES string of the molecule is CC1(C)CC(=O)C(=C(CCCCC(=O)NCCCC[C@H](NC(=O)CCC(=O)NCCCCCC(=O)ON2C(=O)CCC2=O)C(=O)NCCCOCCOCCOCCCNC(=O)CCCC[C@@H]2SC[C@@H]3NC(=O)N[C@@H]32)NCCOCCOCCNC(=O)c2nnn(-c3ccccc3)n2)C(=O)C1. The molecule has 9 N–H and O–H groups in total. The molecule has 0 radical (unpaired) electrons. The van der Waals surface area contributed by atoms with Crippen molar-refractivity contribution in [2.45, 2.75) is 185 Å². The van der Waals surface area contributed by atoms with Gasteiger partial charge in [-0.15, -0.1) is 20.1 Å². The zero-order valence-electron chi connectivity index (χ0n) is 58.5. The number of nitrogens with one attached hydrogen (secondary N) is 9. The second kappa shape index (κ2) is 46.5. The van der Waals surface area contributed by atoms with Crippen LogP contribution in [0.4, 0.5) is 4.79 Å². The molecule has 32 nitrogen and oxygen atoms in total. The van der Waals surface area contributed by atoms with Crippen LogP contribution in [0.1, 0.15) is 172 Å². The zero-order valence-corrected chi connectivity index (χ0v) is 59.3. The molecule has 0 spiro atoms. The number of carbonyl (C=O) groups excluding carboxylic acids is 12. The number of urea groups is 1. The van der Waals surface area contributed by atoms with Gasteiger partial charge in [-0.1, -0.05) is 44.9 Å². The van der Waals surface area contributed by atoms with Crippen molar-refractivity contribution in [2.75, 3.05) is 111 Å². The fourth-order valence-electron chi connectivity index (χ4n) is 11.4. The smallest absolute Gasteiger partial charge is 0.333 e. The molecule has 33 heteroatoms. The Balaban J connectivity index is 0.818. The predicted octanol–water partition coefficient (Wildman–Crippen LogP) is 2.41. The van der Waals surface area contributed by atoms with Crippen LogP contribution < -0.4 is 47.9 Å². The number of ether oxygens (including phenoxy) is 5. The van der Waals surface area contributed by atoms with Gasteiger partial charge < -0.3 is 76.4 Å². The van der Waals surface area contributed by atoms with E-state index in [1.807, 2.05) is 43.8 Å². The molecule has 3 aliphatic heterocycles. The Morgan fingerprint density at radius 3 is 1.76 bits per heavy atom. The van der Waals surface area contributed by atoms with Gasteiger partial charge in [0.2, 0.25) is 29.5 Å². The number of hydroxylamine groups is 2. The summed E-state index contributed by atoms with van der Waals surface area (Å²) in [4.78, 5) is 157. The van der Waals surface area contributed by atoms with Crippen LogP contribution in [0, 0.1) is 5.41 Å². The molecule has 1 saturated carbocycles. The Morgan fingerprint density at radius 1 is 0.564 bits per heavy atom. The molecule has 4 aliphatic rings. The molecule has 1 aromatic carbocycles. The van der Waals surface area contributed by atoms with E-state index < -0.39 is 47.0 Å². The first-order valence-electron chi connectivity index (χ1n) is 35.5. The lowest BCUT2D eigenvalue weighted by molar-refractivity contribution is -0.197. The number of carbonyl (C=O) groups is 12. The molecule has 4 heterocycles. The van der Waals surface area contributed by atoms with Crippen LogP contribution in [0.3, 0.4) is 0 Å². The molecule has 3 saturated heterocycles. The Morgan fingerprint density at radius 2 is 1.11 bits per heavy atom. The standard InChI is InChI=1S/C68H104N14O18S/c1-68(2)45-52(83)62(53(84)46-68)49(69-33-37-97-41-42-98-38-34-74-66(93)64-78-80-82(79-64)48-17-5-3-6-18-48)19-8-10-22-55(85)70-30-14-12-20-50(75-58(88)26-25-57(87)71-29-13-4-7-24-61(91)100-81-59(89)27-28-60(81)90)65(92)73-32-16-36-96-40-44-99-43-39-95-35-15-31-72-56(86)23-11-9-21-54-63-51(47-101-54)76-67(94)77-63/h3,5-6,17-18,50-51,54,63,69H,4,7-16,19-47H2,1-2H3,(H,70,85)(H,71,87)(H,72,86)(H,73,92)(H,74,93)(H,75,88)(H2,76,77,94)/t50-,51-,54-,63-/m0/s1. The Kier molecular flexibility index (Phi) is 37.8. The molecule has 10 amide bonds. The monoisotopic (exact) mass is 1440 g/mol. The largest absolute Gasteiger partial charge is 0.385 e. The molecule has 101 heavy (non-hydrogen) atoms. The van der Waals surface area contributed by atoms with E-state index in [0.717, 1.165) is 25.0 Å². The number of aromatic nitrogens is 4. The molecule has 0 unspecified atom stereocenters. The summed E-state index contributed by atoms with van der Waals surface area (Å²) < 4.78 is 28.2. The van der Waals surface area contributed by atoms with Gasteiger partial charge in [0.05, 0.1) is 76.2 Å². The third-order valence-corrected chi connectivity index (χ3v) is 18.2. The fraction of sp³-hybridized carbons (Fsp3) is 0.691. The van der Waals surface area contributed by atoms with E-state index in [4.69, 9.17) is 28.5 Å². The van der Waals surface area contributed by atoms with Crippen LogP contribution in [-0.2, 0) is 76.5 Å². The number of rotatable bonds is 53. The van der Waals surface area contributed by atoms with Crippen molar-refractivity contribution in [3.63, 3.8) is 0 Å². The number of para-hydroxylation sites is 1. The van der Waals surface area contributed by atoms with Crippen molar-refractivity contribution in [1.29, 1.82) is 0 Å². The number of unbranched alkanes of at least 4 members (excludes halogenated alkanes) is 5. The number of thioether (sulfide) groups is 1. The number of Topliss-reactive ketones (excluding diaryl/α,β-unsaturated/α-hetero) is 2. The second-order valence-electron chi connectivity index (χ2n) is 25.8. The van der Waals surface area contributed by atoms with Crippen LogP contribution in [0.25, 0.3) is 5.69 Å². The van der Waals surface area contributed by atoms with Crippen LogP contribution in [-0.4, -0.2) is 231 Å². The lowest BCUT2D eigenvalue weighted by Crippen LogP contribution is -2.47. The summed E-state index contributed by atoms with van der Waals surface area (Å²) >= 11 is 1.87. The molecule has 4 fully saturated rings. The van der Waals surface area contributed by atoms with E-state index in [1.54, 1.807) is 12.1 Å². The van der Waals surface area contributed by atoms with Crippen LogP contribution in [0.5, 0.6) is 0 Å². The fourth-order valence-corrected chi connectivity index (χ4v) is 13.0. The maximum atomic E-state index is 13.5. The average molecular weight is 1440 g/mol. The molecular weight excluding hydrogens is 1330 g/mol. The van der Waals surface area contributed by atoms with Gasteiger partial charge >= 0.3 is 12.0 Å². The highest BCUT2D eigenvalue weighted by Gasteiger charge is 2.43. The highest BCUT2D eigenvalue weighted by molar-refractivity contribution is 8.00. The van der Waals surface area contributed by atoms with Crippen LogP contribution in [0.15, 0.2) is 41.6 Å². The Labute approximate surface area is 593 Å². The van der Waals surface area contributed by atoms with E-state index in [2.05, 4.69) is 63.3 Å². The molecule has 4 atom stereocenters. The predicted molar refractivity (Wildman–Crippen MR) is 368 cm³/mol. The van der Waals surface area contributed by atoms with Crippen molar-refractivity contribution < 1.29 is 86.1 Å². The summed E-state index contributed by atoms with van der Waals surface area (Å²) in [5.41, 5.74) is 0.903. The quantitative estimate of drug-likeness (QED) is 0.0151. The van der Waals surface area contributed by atoms with Gasteiger partial charge in [-0.2, -0.15) is 11.8 Å². The van der Waals surface area contributed by atoms with Gasteiger partial charge in [-0.3, -0.25) is 47.9 Å². The maximum absolute atomic E-state index is 13.5. The minimum Gasteiger partial charge on any atom is -0.385 e. The number of benzene rings is 1. The molecule has 0 bridgehead atoms. The lowest BCUT2D eigenvalue weighted by atomic mass is 9.73. The van der Waals surface area contributed by atoms with Crippen LogP contribution >= 0.6 is 11.8 Å². The number of imide groups is 1. The topological polar surface area (TPSA) is 415 Å². The van der Waals surface area contributed by atoms with E-state index >= 15 is 0 Å². The number of hydrogen-bond donors (Lipinski definition) is 9. The van der Waals surface area contributed by atoms with Crippen molar-refractivity contribution in [2.24, 2.45) is 5.41 Å². The molecule has 560 valence electrons. The van der Waals surface area contributed by atoms with Crippen molar-refractivity contribution in [1.82, 2.24) is 73.1 Å². The highest BCUT2D eigenvalue weighted by Crippen LogP contribution is 2.36. The number of ketones is 2.